The van der Waals surface area contributed by atoms with Crippen molar-refractivity contribution < 1.29 is 0 Å². The minimum atomic E-state index is 0.808. The van der Waals surface area contributed by atoms with E-state index in [1.807, 2.05) is 12.4 Å². The van der Waals surface area contributed by atoms with Crippen molar-refractivity contribution in [3.05, 3.63) is 48.5 Å². The number of aromatic nitrogens is 4. The third-order valence-electron chi connectivity index (χ3n) is 3.38. The number of imidazole rings is 1. The average Bonchev–Trinajstić information content (AvgIpc) is 3.11. The molecule has 0 radical (unpaired) electrons. The van der Waals surface area contributed by atoms with Gasteiger partial charge in [0.05, 0.1) is 28.3 Å². The van der Waals surface area contributed by atoms with Gasteiger partial charge in [-0.1, -0.05) is 17.8 Å². The monoisotopic (exact) mass is 312 g/mol. The predicted octanol–water partition coefficient (Wildman–Crippen LogP) is 3.81. The fraction of sp³-hybridized carbons (Fsp3) is 0.133. The fourth-order valence-corrected chi connectivity index (χ4v) is 3.92. The Bertz CT molecular complexity index is 926. The molecule has 0 N–H and O–H groups in total. The van der Waals surface area contributed by atoms with Crippen LogP contribution in [0.3, 0.4) is 0 Å². The van der Waals surface area contributed by atoms with Gasteiger partial charge in [-0.15, -0.1) is 11.3 Å². The predicted molar refractivity (Wildman–Crippen MR) is 88.0 cm³/mol. The number of thiazole rings is 1. The molecule has 0 unspecified atom stereocenters. The van der Waals surface area contributed by atoms with Gasteiger partial charge in [-0.25, -0.2) is 9.97 Å². The zero-order valence-electron chi connectivity index (χ0n) is 11.4. The van der Waals surface area contributed by atoms with Gasteiger partial charge in [-0.2, -0.15) is 0 Å². The van der Waals surface area contributed by atoms with Crippen molar-refractivity contribution in [3.63, 3.8) is 0 Å². The summed E-state index contributed by atoms with van der Waals surface area (Å²) in [6, 6.07) is 8.46. The molecule has 0 saturated heterocycles. The van der Waals surface area contributed by atoms with Crippen LogP contribution in [-0.2, 0) is 6.54 Å². The molecule has 0 aliphatic carbocycles. The van der Waals surface area contributed by atoms with E-state index in [9.17, 15) is 0 Å². The van der Waals surface area contributed by atoms with E-state index in [-0.39, 0.29) is 0 Å². The highest BCUT2D eigenvalue weighted by Gasteiger charge is 2.06. The number of benzene rings is 1. The van der Waals surface area contributed by atoms with Crippen molar-refractivity contribution >= 4 is 44.3 Å². The SMILES string of the molecule is CSc1nc2ccc(Cn3cnc4cnccc43)cc2s1. The molecule has 0 fully saturated rings. The Kier molecular flexibility index (Phi) is 3.12. The molecule has 4 rings (SSSR count). The Morgan fingerprint density at radius 2 is 2.19 bits per heavy atom. The quantitative estimate of drug-likeness (QED) is 0.540. The molecule has 3 heterocycles. The maximum atomic E-state index is 4.57. The van der Waals surface area contributed by atoms with E-state index in [0.717, 1.165) is 27.4 Å². The van der Waals surface area contributed by atoms with Crippen molar-refractivity contribution in [1.82, 2.24) is 19.5 Å². The Hall–Kier alpha value is -1.92. The van der Waals surface area contributed by atoms with Crippen molar-refractivity contribution in [3.8, 4) is 0 Å². The van der Waals surface area contributed by atoms with Crippen LogP contribution in [0.4, 0.5) is 0 Å². The van der Waals surface area contributed by atoms with E-state index in [4.69, 9.17) is 0 Å². The van der Waals surface area contributed by atoms with E-state index >= 15 is 0 Å². The zero-order chi connectivity index (χ0) is 14.2. The number of pyridine rings is 1. The van der Waals surface area contributed by atoms with Gasteiger partial charge in [0.1, 0.15) is 5.52 Å². The summed E-state index contributed by atoms with van der Waals surface area (Å²) >= 11 is 3.44. The number of fused-ring (bicyclic) bond motifs is 2. The Labute approximate surface area is 129 Å². The van der Waals surface area contributed by atoms with Gasteiger partial charge in [0.25, 0.3) is 0 Å². The van der Waals surface area contributed by atoms with Gasteiger partial charge in [-0.3, -0.25) is 4.98 Å². The van der Waals surface area contributed by atoms with E-state index in [0.29, 0.717) is 0 Å². The van der Waals surface area contributed by atoms with Crippen LogP contribution < -0.4 is 0 Å². The minimum absolute atomic E-state index is 0.808. The van der Waals surface area contributed by atoms with Crippen LogP contribution in [0.5, 0.6) is 0 Å². The highest BCUT2D eigenvalue weighted by atomic mass is 32.2. The Morgan fingerprint density at radius 3 is 3.10 bits per heavy atom. The topological polar surface area (TPSA) is 43.6 Å². The van der Waals surface area contributed by atoms with E-state index in [1.165, 1.54) is 10.3 Å². The summed E-state index contributed by atoms with van der Waals surface area (Å²) in [5.74, 6) is 0. The first kappa shape index (κ1) is 12.8. The van der Waals surface area contributed by atoms with E-state index in [1.54, 1.807) is 35.5 Å². The Morgan fingerprint density at radius 1 is 1.24 bits per heavy atom. The Balaban J connectivity index is 1.73. The molecule has 0 atom stereocenters. The molecule has 4 aromatic rings. The number of hydrogen-bond acceptors (Lipinski definition) is 5. The number of rotatable bonds is 3. The molecule has 0 bridgehead atoms. The molecule has 104 valence electrons. The van der Waals surface area contributed by atoms with Crippen molar-refractivity contribution in [1.29, 1.82) is 0 Å². The van der Waals surface area contributed by atoms with Gasteiger partial charge >= 0.3 is 0 Å². The molecule has 3 aromatic heterocycles. The smallest absolute Gasteiger partial charge is 0.150 e. The van der Waals surface area contributed by atoms with Crippen LogP contribution in [0.15, 0.2) is 47.3 Å². The lowest BCUT2D eigenvalue weighted by Crippen LogP contribution is -1.97. The van der Waals surface area contributed by atoms with E-state index < -0.39 is 0 Å². The van der Waals surface area contributed by atoms with Gasteiger partial charge in [0.15, 0.2) is 4.34 Å². The highest BCUT2D eigenvalue weighted by Crippen LogP contribution is 2.29. The second kappa shape index (κ2) is 5.13. The summed E-state index contributed by atoms with van der Waals surface area (Å²) in [5.41, 5.74) is 4.38. The molecule has 0 aliphatic rings. The summed E-state index contributed by atoms with van der Waals surface area (Å²) in [5, 5.41) is 0. The summed E-state index contributed by atoms with van der Waals surface area (Å²) in [7, 11) is 0. The third-order valence-corrected chi connectivity index (χ3v) is 5.39. The van der Waals surface area contributed by atoms with Crippen LogP contribution in [0.1, 0.15) is 5.56 Å². The first-order valence-electron chi connectivity index (χ1n) is 6.52. The van der Waals surface area contributed by atoms with Crippen LogP contribution in [0.25, 0.3) is 21.3 Å². The number of thioether (sulfide) groups is 1. The van der Waals surface area contributed by atoms with Crippen molar-refractivity contribution in [2.45, 2.75) is 10.9 Å². The van der Waals surface area contributed by atoms with Crippen LogP contribution >= 0.6 is 23.1 Å². The maximum absolute atomic E-state index is 4.57. The molecular formula is C15H12N4S2. The number of nitrogens with zero attached hydrogens (tertiary/aromatic N) is 4. The van der Waals surface area contributed by atoms with Gasteiger partial charge in [0.2, 0.25) is 0 Å². The second-order valence-electron chi connectivity index (χ2n) is 4.72. The lowest BCUT2D eigenvalue weighted by atomic mass is 10.2. The molecule has 0 spiro atoms. The molecule has 0 saturated carbocycles. The molecular weight excluding hydrogens is 300 g/mol. The molecule has 0 amide bonds. The zero-order valence-corrected chi connectivity index (χ0v) is 13.0. The summed E-state index contributed by atoms with van der Waals surface area (Å²) in [6.45, 7) is 0.808. The molecule has 0 aliphatic heterocycles. The lowest BCUT2D eigenvalue weighted by Gasteiger charge is -2.04. The molecule has 4 nitrogen and oxygen atoms in total. The largest absolute Gasteiger partial charge is 0.326 e. The minimum Gasteiger partial charge on any atom is -0.326 e. The fourth-order valence-electron chi connectivity index (χ4n) is 2.37. The molecule has 6 heteroatoms. The van der Waals surface area contributed by atoms with E-state index in [2.05, 4.69) is 44.0 Å². The lowest BCUT2D eigenvalue weighted by molar-refractivity contribution is 0.825. The normalized spacial score (nSPS) is 11.5. The van der Waals surface area contributed by atoms with Crippen molar-refractivity contribution in [2.75, 3.05) is 6.26 Å². The maximum Gasteiger partial charge on any atom is 0.150 e. The first-order valence-corrected chi connectivity index (χ1v) is 8.56. The molecule has 1 aromatic carbocycles. The van der Waals surface area contributed by atoms with Crippen molar-refractivity contribution in [2.24, 2.45) is 0 Å². The van der Waals surface area contributed by atoms with Gasteiger partial charge in [0, 0.05) is 12.7 Å². The summed E-state index contributed by atoms with van der Waals surface area (Å²) < 4.78 is 4.50. The standard InChI is InChI=1S/C15H12N4S2/c1-20-15-18-11-3-2-10(6-14(11)21-15)8-19-9-17-12-7-16-5-4-13(12)19/h2-7,9H,8H2,1H3. The van der Waals surface area contributed by atoms with Gasteiger partial charge < -0.3 is 4.57 Å². The second-order valence-corrected chi connectivity index (χ2v) is 6.81. The highest BCUT2D eigenvalue weighted by molar-refractivity contribution is 8.00. The number of hydrogen-bond donors (Lipinski definition) is 0. The third kappa shape index (κ3) is 2.30. The summed E-state index contributed by atoms with van der Waals surface area (Å²) in [6.07, 6.45) is 7.53. The van der Waals surface area contributed by atoms with Crippen LogP contribution in [0.2, 0.25) is 0 Å². The summed E-state index contributed by atoms with van der Waals surface area (Å²) in [4.78, 5) is 13.1. The van der Waals surface area contributed by atoms with Crippen LogP contribution in [0, 0.1) is 0 Å². The molecule has 21 heavy (non-hydrogen) atoms. The first-order chi connectivity index (χ1) is 10.3. The average molecular weight is 312 g/mol. The van der Waals surface area contributed by atoms with Gasteiger partial charge in [-0.05, 0) is 30.0 Å². The van der Waals surface area contributed by atoms with Crippen LogP contribution in [-0.4, -0.2) is 25.8 Å².